The summed E-state index contributed by atoms with van der Waals surface area (Å²) in [7, 11) is 0. The normalized spacial score (nSPS) is 20.9. The number of carbonyl (C=O) groups excluding carboxylic acids is 1. The number of ketones is 1. The van der Waals surface area contributed by atoms with E-state index in [4.69, 9.17) is 4.99 Å². The van der Waals surface area contributed by atoms with E-state index in [-0.39, 0.29) is 5.78 Å². The van der Waals surface area contributed by atoms with Gasteiger partial charge in [0.05, 0.1) is 6.04 Å². The number of thioether (sulfide) groups is 1. The number of Topliss-reactive ketones (excluding diaryl/α,β-unsaturated/α-hetero) is 1. The first-order chi connectivity index (χ1) is 9.76. The van der Waals surface area contributed by atoms with Crippen molar-refractivity contribution in [1.82, 2.24) is 0 Å². The molecule has 1 aromatic rings. The predicted molar refractivity (Wildman–Crippen MR) is 85.9 cm³/mol. The highest BCUT2D eigenvalue weighted by Gasteiger charge is 2.21. The Morgan fingerprint density at radius 3 is 3.15 bits per heavy atom. The van der Waals surface area contributed by atoms with E-state index in [1.807, 2.05) is 12.1 Å². The van der Waals surface area contributed by atoms with Gasteiger partial charge in [-0.05, 0) is 36.6 Å². The van der Waals surface area contributed by atoms with Crippen LogP contribution in [0.25, 0.3) is 0 Å². The number of carbonyl (C=O) groups is 1. The lowest BCUT2D eigenvalue weighted by Gasteiger charge is -2.07. The van der Waals surface area contributed by atoms with E-state index in [2.05, 4.69) is 18.3 Å². The highest BCUT2D eigenvalue weighted by atomic mass is 32.2. The number of aliphatic imine (C=N–C) groups is 1. The van der Waals surface area contributed by atoms with Gasteiger partial charge >= 0.3 is 0 Å². The molecule has 0 fully saturated rings. The van der Waals surface area contributed by atoms with Crippen LogP contribution in [-0.4, -0.2) is 22.7 Å². The average molecular weight is 288 g/mol. The van der Waals surface area contributed by atoms with Crippen molar-refractivity contribution in [2.45, 2.75) is 45.1 Å². The number of nitrogens with zero attached hydrogens (tertiary/aromatic N) is 1. The van der Waals surface area contributed by atoms with E-state index in [1.54, 1.807) is 11.8 Å². The Morgan fingerprint density at radius 1 is 1.40 bits per heavy atom. The van der Waals surface area contributed by atoms with Crippen LogP contribution in [0.5, 0.6) is 0 Å². The van der Waals surface area contributed by atoms with Gasteiger partial charge in [0.1, 0.15) is 0 Å². The molecule has 2 aliphatic rings. The summed E-state index contributed by atoms with van der Waals surface area (Å²) in [5.41, 5.74) is 3.13. The van der Waals surface area contributed by atoms with Crippen molar-refractivity contribution in [3.8, 4) is 0 Å². The summed E-state index contributed by atoms with van der Waals surface area (Å²) in [4.78, 5) is 16.3. The first-order valence-corrected chi connectivity index (χ1v) is 8.38. The predicted octanol–water partition coefficient (Wildman–Crippen LogP) is 3.89. The second-order valence-corrected chi connectivity index (χ2v) is 6.47. The monoisotopic (exact) mass is 288 g/mol. The summed E-state index contributed by atoms with van der Waals surface area (Å²) >= 11 is 1.80. The van der Waals surface area contributed by atoms with Gasteiger partial charge in [0.2, 0.25) is 0 Å². The molecule has 0 spiro atoms. The number of amidine groups is 1. The van der Waals surface area contributed by atoms with Crippen LogP contribution in [0, 0.1) is 0 Å². The second kappa shape index (κ2) is 6.00. The molecule has 1 aromatic carbocycles. The van der Waals surface area contributed by atoms with E-state index < -0.39 is 0 Å². The molecule has 0 unspecified atom stereocenters. The number of rotatable bonds is 4. The van der Waals surface area contributed by atoms with E-state index >= 15 is 0 Å². The summed E-state index contributed by atoms with van der Waals surface area (Å²) in [6.07, 6.45) is 5.21. The maximum Gasteiger partial charge on any atom is 0.163 e. The maximum absolute atomic E-state index is 11.6. The van der Waals surface area contributed by atoms with Crippen molar-refractivity contribution in [3.05, 3.63) is 29.3 Å². The zero-order chi connectivity index (χ0) is 13.9. The van der Waals surface area contributed by atoms with Crippen LogP contribution < -0.4 is 5.32 Å². The lowest BCUT2D eigenvalue weighted by Crippen LogP contribution is -2.06. The first-order valence-electron chi connectivity index (χ1n) is 7.40. The van der Waals surface area contributed by atoms with Gasteiger partial charge in [-0.15, -0.1) is 0 Å². The Balaban J connectivity index is 1.65. The Labute approximate surface area is 124 Å². The summed E-state index contributed by atoms with van der Waals surface area (Å²) in [6, 6.07) is 6.51. The molecule has 3 rings (SSSR count). The zero-order valence-electron chi connectivity index (χ0n) is 11.8. The molecule has 1 aliphatic heterocycles. The summed E-state index contributed by atoms with van der Waals surface area (Å²) in [5, 5.41) is 4.42. The quantitative estimate of drug-likeness (QED) is 0.914. The lowest BCUT2D eigenvalue weighted by molar-refractivity contribution is 0.0994. The minimum atomic E-state index is 0.277. The third-order valence-corrected chi connectivity index (χ3v) is 4.91. The first kappa shape index (κ1) is 13.7. The molecule has 0 aromatic heterocycles. The number of hydrogen-bond donors (Lipinski definition) is 1. The molecule has 0 bridgehead atoms. The van der Waals surface area contributed by atoms with E-state index in [9.17, 15) is 4.79 Å². The van der Waals surface area contributed by atoms with Gasteiger partial charge in [0.25, 0.3) is 0 Å². The number of nitrogens with one attached hydrogen (secondary N) is 1. The fourth-order valence-corrected chi connectivity index (χ4v) is 3.73. The van der Waals surface area contributed by atoms with Crippen molar-refractivity contribution < 1.29 is 4.79 Å². The zero-order valence-corrected chi connectivity index (χ0v) is 12.6. The van der Waals surface area contributed by atoms with Crippen molar-refractivity contribution in [2.75, 3.05) is 11.1 Å². The van der Waals surface area contributed by atoms with Gasteiger partial charge in [-0.3, -0.25) is 9.79 Å². The molecule has 0 amide bonds. The number of anilines is 1. The molecule has 1 N–H and O–H groups in total. The van der Waals surface area contributed by atoms with Gasteiger partial charge in [-0.1, -0.05) is 31.5 Å². The number of aryl methyl sites for hydroxylation is 1. The van der Waals surface area contributed by atoms with Crippen molar-refractivity contribution >= 4 is 28.4 Å². The minimum absolute atomic E-state index is 0.277. The van der Waals surface area contributed by atoms with Gasteiger partial charge in [0.15, 0.2) is 11.0 Å². The minimum Gasteiger partial charge on any atom is -0.335 e. The number of unbranched alkanes of at least 4 members (excludes halogenated alkanes) is 1. The topological polar surface area (TPSA) is 41.5 Å². The molecule has 0 saturated heterocycles. The van der Waals surface area contributed by atoms with Crippen molar-refractivity contribution in [3.63, 3.8) is 0 Å². The fourth-order valence-electron chi connectivity index (χ4n) is 2.73. The molecular formula is C16H20N2OS. The molecule has 4 heteroatoms. The number of benzene rings is 1. The molecule has 1 atom stereocenters. The summed E-state index contributed by atoms with van der Waals surface area (Å²) < 4.78 is 0. The highest BCUT2D eigenvalue weighted by molar-refractivity contribution is 8.14. The Morgan fingerprint density at radius 2 is 2.30 bits per heavy atom. The highest BCUT2D eigenvalue weighted by Crippen LogP contribution is 2.27. The van der Waals surface area contributed by atoms with Gasteiger partial charge in [0, 0.05) is 23.4 Å². The SMILES string of the molecule is CCCC[C@H]1CSC(Nc2ccc3c(c2)CCC3=O)=N1. The molecule has 3 nitrogen and oxygen atoms in total. The van der Waals surface area contributed by atoms with E-state index in [0.717, 1.165) is 28.6 Å². The largest absolute Gasteiger partial charge is 0.335 e. The van der Waals surface area contributed by atoms with Crippen LogP contribution in [-0.2, 0) is 6.42 Å². The molecule has 0 radical (unpaired) electrons. The third kappa shape index (κ3) is 2.90. The number of hydrogen-bond acceptors (Lipinski definition) is 4. The van der Waals surface area contributed by atoms with Crippen LogP contribution in [0.4, 0.5) is 5.69 Å². The Bertz CT molecular complexity index is 553. The standard InChI is InChI=1S/C16H20N2OS/c1-2-3-4-13-10-20-16(18-13)17-12-6-7-14-11(9-12)5-8-15(14)19/h6-7,9,13H,2-5,8,10H2,1H3,(H,17,18)/t13-/m0/s1. The molecular weight excluding hydrogens is 268 g/mol. The maximum atomic E-state index is 11.6. The smallest absolute Gasteiger partial charge is 0.163 e. The summed E-state index contributed by atoms with van der Waals surface area (Å²) in [5.74, 6) is 1.37. The number of fused-ring (bicyclic) bond motifs is 1. The van der Waals surface area contributed by atoms with Crippen LogP contribution in [0.1, 0.15) is 48.5 Å². The van der Waals surface area contributed by atoms with E-state index in [1.165, 1.54) is 24.8 Å². The van der Waals surface area contributed by atoms with E-state index in [0.29, 0.717) is 12.5 Å². The van der Waals surface area contributed by atoms with Crippen LogP contribution in [0.15, 0.2) is 23.2 Å². The molecule has 1 heterocycles. The summed E-state index contributed by atoms with van der Waals surface area (Å²) in [6.45, 7) is 2.22. The van der Waals surface area contributed by atoms with Crippen LogP contribution >= 0.6 is 11.8 Å². The van der Waals surface area contributed by atoms with Crippen LogP contribution in [0.3, 0.4) is 0 Å². The molecule has 1 aliphatic carbocycles. The van der Waals surface area contributed by atoms with Crippen molar-refractivity contribution in [1.29, 1.82) is 0 Å². The van der Waals surface area contributed by atoms with Gasteiger partial charge < -0.3 is 5.32 Å². The Kier molecular flexibility index (Phi) is 4.10. The fraction of sp³-hybridized carbons (Fsp3) is 0.500. The van der Waals surface area contributed by atoms with Crippen LogP contribution in [0.2, 0.25) is 0 Å². The second-order valence-electron chi connectivity index (χ2n) is 5.46. The molecule has 20 heavy (non-hydrogen) atoms. The van der Waals surface area contributed by atoms with Gasteiger partial charge in [-0.2, -0.15) is 0 Å². The average Bonchev–Trinajstić information content (AvgIpc) is 3.04. The van der Waals surface area contributed by atoms with Gasteiger partial charge in [-0.25, -0.2) is 0 Å². The molecule has 0 saturated carbocycles. The third-order valence-electron chi connectivity index (χ3n) is 3.88. The Hall–Kier alpha value is -1.29. The molecule has 106 valence electrons. The van der Waals surface area contributed by atoms with Crippen molar-refractivity contribution in [2.24, 2.45) is 4.99 Å². The lowest BCUT2D eigenvalue weighted by atomic mass is 10.1.